The standard InChI is InChI=1S/C20H23N5O/c1-14-5-7-15(8-6-14)18-11-21-23-19(18)16-4-3-9-25(13-16)20(26)17-10-22-24(2)12-17/h5-8,10-12,16H,3-4,9,13H2,1-2H3,(H,21,23). The average molecular weight is 349 g/mol. The summed E-state index contributed by atoms with van der Waals surface area (Å²) < 4.78 is 1.67. The molecule has 1 aromatic carbocycles. The van der Waals surface area contributed by atoms with Crippen LogP contribution in [0.2, 0.25) is 0 Å². The van der Waals surface area contributed by atoms with Gasteiger partial charge in [0.25, 0.3) is 5.91 Å². The number of hydrogen-bond donors (Lipinski definition) is 1. The van der Waals surface area contributed by atoms with Gasteiger partial charge >= 0.3 is 0 Å². The van der Waals surface area contributed by atoms with E-state index >= 15 is 0 Å². The van der Waals surface area contributed by atoms with Crippen LogP contribution in [-0.4, -0.2) is 43.9 Å². The summed E-state index contributed by atoms with van der Waals surface area (Å²) in [4.78, 5) is 14.7. The predicted octanol–water partition coefficient (Wildman–Crippen LogP) is 3.14. The maximum atomic E-state index is 12.8. The van der Waals surface area contributed by atoms with E-state index in [1.807, 2.05) is 18.1 Å². The number of likely N-dealkylation sites (tertiary alicyclic amines) is 1. The third kappa shape index (κ3) is 3.14. The molecule has 0 aliphatic carbocycles. The highest BCUT2D eigenvalue weighted by Gasteiger charge is 2.28. The van der Waals surface area contributed by atoms with Gasteiger partial charge in [-0.25, -0.2) is 0 Å². The van der Waals surface area contributed by atoms with Crippen molar-refractivity contribution in [1.29, 1.82) is 0 Å². The lowest BCUT2D eigenvalue weighted by molar-refractivity contribution is 0.0706. The van der Waals surface area contributed by atoms with Gasteiger partial charge in [-0.2, -0.15) is 10.2 Å². The van der Waals surface area contributed by atoms with Crippen LogP contribution in [0.3, 0.4) is 0 Å². The number of carbonyl (C=O) groups excluding carboxylic acids is 1. The van der Waals surface area contributed by atoms with Crippen LogP contribution in [0.5, 0.6) is 0 Å². The number of piperidine rings is 1. The molecule has 0 bridgehead atoms. The maximum absolute atomic E-state index is 12.8. The van der Waals surface area contributed by atoms with Gasteiger partial charge < -0.3 is 4.90 Å². The van der Waals surface area contributed by atoms with E-state index in [1.165, 1.54) is 5.56 Å². The Hall–Kier alpha value is -2.89. The molecule has 3 heterocycles. The van der Waals surface area contributed by atoms with Crippen LogP contribution in [-0.2, 0) is 7.05 Å². The summed E-state index contributed by atoms with van der Waals surface area (Å²) in [6.07, 6.45) is 7.35. The van der Waals surface area contributed by atoms with E-state index in [4.69, 9.17) is 0 Å². The van der Waals surface area contributed by atoms with E-state index in [0.29, 0.717) is 12.1 Å². The number of amides is 1. The molecule has 1 aliphatic rings. The Morgan fingerprint density at radius 1 is 1.23 bits per heavy atom. The smallest absolute Gasteiger partial charge is 0.257 e. The molecule has 3 aromatic rings. The van der Waals surface area contributed by atoms with Gasteiger partial charge in [-0.1, -0.05) is 29.8 Å². The normalized spacial score (nSPS) is 17.5. The predicted molar refractivity (Wildman–Crippen MR) is 99.8 cm³/mol. The van der Waals surface area contributed by atoms with Crippen molar-refractivity contribution in [2.45, 2.75) is 25.7 Å². The molecule has 1 aliphatic heterocycles. The third-order valence-electron chi connectivity index (χ3n) is 5.10. The number of rotatable bonds is 3. The summed E-state index contributed by atoms with van der Waals surface area (Å²) in [6, 6.07) is 8.49. The zero-order valence-corrected chi connectivity index (χ0v) is 15.1. The highest BCUT2D eigenvalue weighted by Crippen LogP contribution is 2.33. The van der Waals surface area contributed by atoms with Gasteiger partial charge in [0.2, 0.25) is 0 Å². The second-order valence-electron chi connectivity index (χ2n) is 7.06. The van der Waals surface area contributed by atoms with Crippen molar-refractivity contribution in [3.05, 3.63) is 59.7 Å². The van der Waals surface area contributed by atoms with E-state index < -0.39 is 0 Å². The topological polar surface area (TPSA) is 66.8 Å². The second-order valence-corrected chi connectivity index (χ2v) is 7.06. The summed E-state index contributed by atoms with van der Waals surface area (Å²) in [5.41, 5.74) is 5.31. The van der Waals surface area contributed by atoms with E-state index in [9.17, 15) is 4.79 Å². The Balaban J connectivity index is 1.56. The summed E-state index contributed by atoms with van der Waals surface area (Å²) in [7, 11) is 1.83. The molecular weight excluding hydrogens is 326 g/mol. The van der Waals surface area contributed by atoms with E-state index in [-0.39, 0.29) is 11.8 Å². The largest absolute Gasteiger partial charge is 0.338 e. The van der Waals surface area contributed by atoms with Gasteiger partial charge in [-0.05, 0) is 25.3 Å². The van der Waals surface area contributed by atoms with Crippen molar-refractivity contribution < 1.29 is 4.79 Å². The number of hydrogen-bond acceptors (Lipinski definition) is 3. The number of nitrogens with zero attached hydrogens (tertiary/aromatic N) is 4. The zero-order valence-electron chi connectivity index (χ0n) is 15.1. The molecule has 6 heteroatoms. The minimum absolute atomic E-state index is 0.0548. The molecule has 134 valence electrons. The fourth-order valence-electron chi connectivity index (χ4n) is 3.68. The first-order valence-corrected chi connectivity index (χ1v) is 9.00. The van der Waals surface area contributed by atoms with Gasteiger partial charge in [-0.3, -0.25) is 14.6 Å². The average Bonchev–Trinajstić information content (AvgIpc) is 3.31. The number of nitrogens with one attached hydrogen (secondary N) is 1. The van der Waals surface area contributed by atoms with Gasteiger partial charge in [0.05, 0.1) is 18.0 Å². The molecule has 6 nitrogen and oxygen atoms in total. The SMILES string of the molecule is Cc1ccc(-c2cn[nH]c2C2CCCN(C(=O)c3cnn(C)c3)C2)cc1. The fraction of sp³-hybridized carbons (Fsp3) is 0.350. The fourth-order valence-corrected chi connectivity index (χ4v) is 3.68. The Bertz CT molecular complexity index is 908. The number of aromatic amines is 1. The summed E-state index contributed by atoms with van der Waals surface area (Å²) >= 11 is 0. The summed E-state index contributed by atoms with van der Waals surface area (Å²) in [5, 5.41) is 11.6. The Labute approximate surface area is 152 Å². The van der Waals surface area contributed by atoms with Crippen molar-refractivity contribution in [3.63, 3.8) is 0 Å². The van der Waals surface area contributed by atoms with Gasteiger partial charge in [-0.15, -0.1) is 0 Å². The van der Waals surface area contributed by atoms with Gasteiger partial charge in [0.1, 0.15) is 0 Å². The summed E-state index contributed by atoms with van der Waals surface area (Å²) in [6.45, 7) is 3.58. The molecule has 1 saturated heterocycles. The lowest BCUT2D eigenvalue weighted by atomic mass is 9.90. The van der Waals surface area contributed by atoms with Crippen LogP contribution in [0, 0.1) is 6.92 Å². The van der Waals surface area contributed by atoms with Gasteiger partial charge in [0.15, 0.2) is 0 Å². The monoisotopic (exact) mass is 349 g/mol. The molecule has 4 rings (SSSR count). The van der Waals surface area contributed by atoms with E-state index in [1.54, 1.807) is 17.1 Å². The molecule has 1 fully saturated rings. The van der Waals surface area contributed by atoms with Crippen LogP contribution in [0.15, 0.2) is 42.9 Å². The zero-order chi connectivity index (χ0) is 18.1. The molecule has 2 aromatic heterocycles. The quantitative estimate of drug-likeness (QED) is 0.790. The number of benzene rings is 1. The van der Waals surface area contributed by atoms with Crippen molar-refractivity contribution in [1.82, 2.24) is 24.9 Å². The first kappa shape index (κ1) is 16.6. The molecule has 0 saturated carbocycles. The molecule has 1 unspecified atom stereocenters. The van der Waals surface area contributed by atoms with Crippen LogP contribution in [0.25, 0.3) is 11.1 Å². The lowest BCUT2D eigenvalue weighted by Crippen LogP contribution is -2.39. The lowest BCUT2D eigenvalue weighted by Gasteiger charge is -2.32. The first-order valence-electron chi connectivity index (χ1n) is 9.00. The van der Waals surface area contributed by atoms with Gasteiger partial charge in [0, 0.05) is 43.5 Å². The summed E-state index contributed by atoms with van der Waals surface area (Å²) in [5.74, 6) is 0.322. The van der Waals surface area contributed by atoms with Crippen LogP contribution in [0.1, 0.15) is 40.4 Å². The maximum Gasteiger partial charge on any atom is 0.257 e. The molecule has 26 heavy (non-hydrogen) atoms. The van der Waals surface area contributed by atoms with Crippen molar-refractivity contribution in [3.8, 4) is 11.1 Å². The van der Waals surface area contributed by atoms with E-state index in [0.717, 1.165) is 36.2 Å². The first-order chi connectivity index (χ1) is 12.6. The third-order valence-corrected chi connectivity index (χ3v) is 5.10. The van der Waals surface area contributed by atoms with E-state index in [2.05, 4.69) is 46.5 Å². The molecule has 0 spiro atoms. The van der Waals surface area contributed by atoms with Crippen molar-refractivity contribution in [2.75, 3.05) is 13.1 Å². The highest BCUT2D eigenvalue weighted by molar-refractivity contribution is 5.93. The van der Waals surface area contributed by atoms with Crippen LogP contribution in [0.4, 0.5) is 0 Å². The highest BCUT2D eigenvalue weighted by atomic mass is 16.2. The molecule has 1 N–H and O–H groups in total. The molecule has 0 radical (unpaired) electrons. The molecular formula is C20H23N5O. The van der Waals surface area contributed by atoms with Crippen LogP contribution >= 0.6 is 0 Å². The molecule has 1 amide bonds. The Kier molecular flexibility index (Phi) is 4.32. The Morgan fingerprint density at radius 2 is 2.04 bits per heavy atom. The second kappa shape index (κ2) is 6.78. The van der Waals surface area contributed by atoms with Crippen molar-refractivity contribution in [2.24, 2.45) is 7.05 Å². The number of aryl methyl sites for hydroxylation is 2. The number of aromatic nitrogens is 4. The molecule has 1 atom stereocenters. The van der Waals surface area contributed by atoms with Crippen LogP contribution < -0.4 is 0 Å². The number of carbonyl (C=O) groups is 1. The van der Waals surface area contributed by atoms with Crippen molar-refractivity contribution >= 4 is 5.91 Å². The minimum Gasteiger partial charge on any atom is -0.338 e. The number of H-pyrrole nitrogens is 1. The minimum atomic E-state index is 0.0548. The Morgan fingerprint density at radius 3 is 2.77 bits per heavy atom.